The summed E-state index contributed by atoms with van der Waals surface area (Å²) < 4.78 is 0. The van der Waals surface area contributed by atoms with E-state index in [0.29, 0.717) is 12.1 Å². The number of fused-ring (bicyclic) bond motifs is 1. The van der Waals surface area contributed by atoms with Crippen molar-refractivity contribution in [1.82, 2.24) is 5.32 Å². The van der Waals surface area contributed by atoms with Gasteiger partial charge in [-0.2, -0.15) is 0 Å². The lowest BCUT2D eigenvalue weighted by Crippen LogP contribution is -2.36. The van der Waals surface area contributed by atoms with Crippen molar-refractivity contribution in [3.63, 3.8) is 0 Å². The molecule has 3 N–H and O–H groups in total. The van der Waals surface area contributed by atoms with Gasteiger partial charge in [-0.25, -0.2) is 0 Å². The molecule has 0 aliphatic carbocycles. The van der Waals surface area contributed by atoms with E-state index in [4.69, 9.17) is 5.73 Å². The fourth-order valence-electron chi connectivity index (χ4n) is 2.46. The fourth-order valence-corrected chi connectivity index (χ4v) is 2.46. The van der Waals surface area contributed by atoms with Crippen LogP contribution in [0, 0.1) is 0 Å². The topological polar surface area (TPSA) is 55.1 Å². The Kier molecular flexibility index (Phi) is 2.52. The van der Waals surface area contributed by atoms with Gasteiger partial charge in [0.05, 0.1) is 12.5 Å². The van der Waals surface area contributed by atoms with Gasteiger partial charge in [0.2, 0.25) is 5.91 Å². The highest BCUT2D eigenvalue weighted by atomic mass is 16.1. The lowest BCUT2D eigenvalue weighted by Gasteiger charge is -2.27. The molecular formula is C15H14N2O. The molecular weight excluding hydrogens is 224 g/mol. The standard InChI is InChI=1S/C15H14N2O/c16-13-8-4-3-7-12(13)15-11-6-2-1-5-10(11)9-14(18)17-15/h1-8,15H,9,16H2,(H,17,18)/t15-/m0/s1. The van der Waals surface area contributed by atoms with Crippen molar-refractivity contribution in [2.24, 2.45) is 0 Å². The predicted molar refractivity (Wildman–Crippen MR) is 71.0 cm³/mol. The third-order valence-corrected chi connectivity index (χ3v) is 3.33. The summed E-state index contributed by atoms with van der Waals surface area (Å²) in [6.45, 7) is 0. The third-order valence-electron chi connectivity index (χ3n) is 3.33. The number of amides is 1. The zero-order valence-electron chi connectivity index (χ0n) is 9.89. The van der Waals surface area contributed by atoms with E-state index >= 15 is 0 Å². The monoisotopic (exact) mass is 238 g/mol. The van der Waals surface area contributed by atoms with Gasteiger partial charge in [0.25, 0.3) is 0 Å². The molecule has 1 heterocycles. The highest BCUT2D eigenvalue weighted by Crippen LogP contribution is 2.31. The summed E-state index contributed by atoms with van der Waals surface area (Å²) in [5.74, 6) is 0.0435. The van der Waals surface area contributed by atoms with E-state index in [1.54, 1.807) is 0 Å². The quantitative estimate of drug-likeness (QED) is 0.747. The minimum Gasteiger partial charge on any atom is -0.398 e. The van der Waals surface area contributed by atoms with Crippen molar-refractivity contribution < 1.29 is 4.79 Å². The van der Waals surface area contributed by atoms with E-state index in [-0.39, 0.29) is 11.9 Å². The van der Waals surface area contributed by atoms with Crippen LogP contribution in [0.5, 0.6) is 0 Å². The zero-order chi connectivity index (χ0) is 12.5. The normalized spacial score (nSPS) is 18.0. The van der Waals surface area contributed by atoms with Crippen LogP contribution in [0.25, 0.3) is 0 Å². The molecule has 0 fully saturated rings. The molecule has 2 aromatic carbocycles. The number of nitrogens with two attached hydrogens (primary N) is 1. The minimum absolute atomic E-state index is 0.0435. The molecule has 0 aromatic heterocycles. The highest BCUT2D eigenvalue weighted by Gasteiger charge is 2.26. The number of rotatable bonds is 1. The van der Waals surface area contributed by atoms with Crippen LogP contribution in [0.1, 0.15) is 22.7 Å². The van der Waals surface area contributed by atoms with Crippen LogP contribution in [-0.4, -0.2) is 5.91 Å². The largest absolute Gasteiger partial charge is 0.398 e. The van der Waals surface area contributed by atoms with E-state index in [1.165, 1.54) is 0 Å². The van der Waals surface area contributed by atoms with Crippen LogP contribution < -0.4 is 11.1 Å². The first-order valence-corrected chi connectivity index (χ1v) is 5.97. The summed E-state index contributed by atoms with van der Waals surface area (Å²) in [5, 5.41) is 3.01. The molecule has 1 aliphatic rings. The summed E-state index contributed by atoms with van der Waals surface area (Å²) in [7, 11) is 0. The van der Waals surface area contributed by atoms with Crippen LogP contribution in [-0.2, 0) is 11.2 Å². The van der Waals surface area contributed by atoms with Crippen molar-refractivity contribution in [2.75, 3.05) is 5.73 Å². The second-order valence-corrected chi connectivity index (χ2v) is 4.51. The fraction of sp³-hybridized carbons (Fsp3) is 0.133. The molecule has 3 rings (SSSR count). The average molecular weight is 238 g/mol. The van der Waals surface area contributed by atoms with Crippen molar-refractivity contribution >= 4 is 11.6 Å². The Labute approximate surface area is 106 Å². The van der Waals surface area contributed by atoms with E-state index in [1.807, 2.05) is 48.5 Å². The van der Waals surface area contributed by atoms with Gasteiger partial charge in [-0.15, -0.1) is 0 Å². The van der Waals surface area contributed by atoms with E-state index in [9.17, 15) is 4.79 Å². The number of nitrogen functional groups attached to an aromatic ring is 1. The Hall–Kier alpha value is -2.29. The number of anilines is 1. The molecule has 0 radical (unpaired) electrons. The Morgan fingerprint density at radius 3 is 2.44 bits per heavy atom. The Bertz CT molecular complexity index is 607. The Balaban J connectivity index is 2.13. The van der Waals surface area contributed by atoms with E-state index in [0.717, 1.165) is 16.7 Å². The number of hydrogen-bond acceptors (Lipinski definition) is 2. The average Bonchev–Trinajstić information content (AvgIpc) is 2.38. The van der Waals surface area contributed by atoms with E-state index < -0.39 is 0 Å². The minimum atomic E-state index is -0.136. The van der Waals surface area contributed by atoms with Gasteiger partial charge in [0.1, 0.15) is 0 Å². The SMILES string of the molecule is Nc1ccccc1[C@H]1NC(=O)Cc2ccccc21. The lowest BCUT2D eigenvalue weighted by molar-refractivity contribution is -0.121. The number of carbonyl (C=O) groups is 1. The third kappa shape index (κ3) is 1.74. The van der Waals surface area contributed by atoms with Crippen molar-refractivity contribution in [3.05, 3.63) is 65.2 Å². The summed E-state index contributed by atoms with van der Waals surface area (Å²) in [5.41, 5.74) is 9.88. The molecule has 0 bridgehead atoms. The molecule has 3 heteroatoms. The molecule has 2 aromatic rings. The van der Waals surface area contributed by atoms with Crippen LogP contribution in [0.3, 0.4) is 0 Å². The lowest BCUT2D eigenvalue weighted by atomic mass is 9.89. The first kappa shape index (κ1) is 10.8. The second-order valence-electron chi connectivity index (χ2n) is 4.51. The van der Waals surface area contributed by atoms with Crippen LogP contribution in [0.15, 0.2) is 48.5 Å². The molecule has 1 amide bonds. The number of benzene rings is 2. The molecule has 0 saturated carbocycles. The van der Waals surface area contributed by atoms with Crippen molar-refractivity contribution in [2.45, 2.75) is 12.5 Å². The summed E-state index contributed by atoms with van der Waals surface area (Å²) >= 11 is 0. The van der Waals surface area contributed by atoms with Gasteiger partial charge >= 0.3 is 0 Å². The van der Waals surface area contributed by atoms with E-state index in [2.05, 4.69) is 5.32 Å². The maximum atomic E-state index is 11.8. The molecule has 0 spiro atoms. The first-order chi connectivity index (χ1) is 8.75. The summed E-state index contributed by atoms with van der Waals surface area (Å²) in [6, 6.07) is 15.5. The van der Waals surface area contributed by atoms with Crippen molar-refractivity contribution in [3.8, 4) is 0 Å². The molecule has 3 nitrogen and oxygen atoms in total. The Morgan fingerprint density at radius 1 is 1.00 bits per heavy atom. The smallest absolute Gasteiger partial charge is 0.225 e. The number of para-hydroxylation sites is 1. The van der Waals surface area contributed by atoms with Crippen LogP contribution >= 0.6 is 0 Å². The highest BCUT2D eigenvalue weighted by molar-refractivity contribution is 5.82. The maximum Gasteiger partial charge on any atom is 0.225 e. The summed E-state index contributed by atoms with van der Waals surface area (Å²) in [6.07, 6.45) is 0.444. The van der Waals surface area contributed by atoms with Gasteiger partial charge in [-0.1, -0.05) is 42.5 Å². The molecule has 90 valence electrons. The summed E-state index contributed by atoms with van der Waals surface area (Å²) in [4.78, 5) is 11.8. The van der Waals surface area contributed by atoms with Gasteiger partial charge in [0, 0.05) is 11.3 Å². The second kappa shape index (κ2) is 4.18. The van der Waals surface area contributed by atoms with Crippen molar-refractivity contribution in [1.29, 1.82) is 0 Å². The first-order valence-electron chi connectivity index (χ1n) is 5.97. The van der Waals surface area contributed by atoms with Gasteiger partial charge in [0.15, 0.2) is 0 Å². The molecule has 0 saturated heterocycles. The zero-order valence-corrected chi connectivity index (χ0v) is 9.89. The maximum absolute atomic E-state index is 11.8. The predicted octanol–water partition coefficient (Wildman–Crippen LogP) is 2.03. The number of hydrogen-bond donors (Lipinski definition) is 2. The van der Waals surface area contributed by atoms with Gasteiger partial charge in [-0.05, 0) is 17.2 Å². The molecule has 1 atom stereocenters. The van der Waals surface area contributed by atoms with Crippen LogP contribution in [0.4, 0.5) is 5.69 Å². The van der Waals surface area contributed by atoms with Crippen LogP contribution in [0.2, 0.25) is 0 Å². The number of carbonyl (C=O) groups excluding carboxylic acids is 1. The van der Waals surface area contributed by atoms with Gasteiger partial charge < -0.3 is 11.1 Å². The number of nitrogens with one attached hydrogen (secondary N) is 1. The molecule has 0 unspecified atom stereocenters. The molecule has 1 aliphatic heterocycles. The molecule has 18 heavy (non-hydrogen) atoms. The van der Waals surface area contributed by atoms with Gasteiger partial charge in [-0.3, -0.25) is 4.79 Å². The Morgan fingerprint density at radius 2 is 1.67 bits per heavy atom.